The molecule has 0 aromatic carbocycles. The molecular weight excluding hydrogens is 234 g/mol. The van der Waals surface area contributed by atoms with E-state index in [1.807, 2.05) is 26.0 Å². The molecule has 0 aliphatic heterocycles. The van der Waals surface area contributed by atoms with Gasteiger partial charge in [-0.25, -0.2) is 0 Å². The van der Waals surface area contributed by atoms with Gasteiger partial charge in [0.15, 0.2) is 0 Å². The number of aryl methyl sites for hydroxylation is 1. The Bertz CT molecular complexity index is 371. The Morgan fingerprint density at radius 3 is 2.71 bits per heavy atom. The fraction of sp³-hybridized carbons (Fsp3) is 0.615. The summed E-state index contributed by atoms with van der Waals surface area (Å²) in [6.45, 7) is 6.90. The molecule has 4 heteroatoms. The quantitative estimate of drug-likeness (QED) is 0.820. The largest absolute Gasteiger partial charge is 0.396 e. The van der Waals surface area contributed by atoms with Crippen molar-refractivity contribution < 1.29 is 9.90 Å². The second-order valence-corrected chi connectivity index (χ2v) is 6.11. The van der Waals surface area contributed by atoms with Crippen LogP contribution in [0, 0.1) is 5.41 Å². The van der Waals surface area contributed by atoms with Crippen LogP contribution in [0.1, 0.15) is 41.7 Å². The van der Waals surface area contributed by atoms with E-state index in [0.717, 1.165) is 11.3 Å². The summed E-state index contributed by atoms with van der Waals surface area (Å²) in [4.78, 5) is 13.9. The Kier molecular flexibility index (Phi) is 5.15. The number of amides is 1. The molecule has 1 heterocycles. The highest BCUT2D eigenvalue weighted by molar-refractivity contribution is 7.14. The van der Waals surface area contributed by atoms with Gasteiger partial charge in [0.1, 0.15) is 0 Å². The molecule has 0 aliphatic rings. The van der Waals surface area contributed by atoms with Gasteiger partial charge in [0.25, 0.3) is 5.91 Å². The third-order valence-corrected chi connectivity index (χ3v) is 3.98. The van der Waals surface area contributed by atoms with Crippen LogP contribution in [0.3, 0.4) is 0 Å². The van der Waals surface area contributed by atoms with Crippen molar-refractivity contribution in [3.63, 3.8) is 0 Å². The van der Waals surface area contributed by atoms with E-state index in [2.05, 4.69) is 12.2 Å². The number of hydrogen-bond donors (Lipinski definition) is 2. The summed E-state index contributed by atoms with van der Waals surface area (Å²) in [5, 5.41) is 11.8. The molecule has 3 nitrogen and oxygen atoms in total. The van der Waals surface area contributed by atoms with Crippen LogP contribution >= 0.6 is 11.3 Å². The number of rotatable bonds is 6. The molecule has 1 amide bonds. The maximum Gasteiger partial charge on any atom is 0.261 e. The first kappa shape index (κ1) is 14.2. The highest BCUT2D eigenvalue weighted by atomic mass is 32.1. The summed E-state index contributed by atoms with van der Waals surface area (Å²) in [6, 6.07) is 3.87. The Hall–Kier alpha value is -0.870. The van der Waals surface area contributed by atoms with Crippen LogP contribution < -0.4 is 5.32 Å². The predicted molar refractivity (Wildman–Crippen MR) is 71.5 cm³/mol. The highest BCUT2D eigenvalue weighted by Crippen LogP contribution is 2.20. The first-order valence-corrected chi connectivity index (χ1v) is 6.78. The Labute approximate surface area is 107 Å². The summed E-state index contributed by atoms with van der Waals surface area (Å²) in [5.41, 5.74) is -0.0603. The van der Waals surface area contributed by atoms with Crippen LogP contribution in [-0.2, 0) is 6.42 Å². The van der Waals surface area contributed by atoms with Crippen molar-refractivity contribution in [2.45, 2.75) is 33.6 Å². The molecule has 2 N–H and O–H groups in total. The molecule has 0 bridgehead atoms. The van der Waals surface area contributed by atoms with Gasteiger partial charge >= 0.3 is 0 Å². The molecule has 0 saturated heterocycles. The minimum absolute atomic E-state index is 0.0132. The van der Waals surface area contributed by atoms with Crippen molar-refractivity contribution in [2.75, 3.05) is 13.2 Å². The molecule has 0 fully saturated rings. The molecule has 0 saturated carbocycles. The number of nitrogens with one attached hydrogen (secondary N) is 1. The third-order valence-electron chi connectivity index (χ3n) is 2.75. The van der Waals surface area contributed by atoms with Crippen molar-refractivity contribution >= 4 is 17.2 Å². The van der Waals surface area contributed by atoms with Crippen LogP contribution in [0.5, 0.6) is 0 Å². The van der Waals surface area contributed by atoms with E-state index in [1.54, 1.807) is 11.3 Å². The summed E-state index contributed by atoms with van der Waals surface area (Å²) < 4.78 is 0. The van der Waals surface area contributed by atoms with Gasteiger partial charge in [0.05, 0.1) is 4.88 Å². The van der Waals surface area contributed by atoms with E-state index in [1.165, 1.54) is 4.88 Å². The van der Waals surface area contributed by atoms with Gasteiger partial charge in [0, 0.05) is 18.0 Å². The van der Waals surface area contributed by atoms with Gasteiger partial charge in [-0.2, -0.15) is 0 Å². The van der Waals surface area contributed by atoms with Crippen molar-refractivity contribution in [3.05, 3.63) is 21.9 Å². The van der Waals surface area contributed by atoms with Gasteiger partial charge in [0.2, 0.25) is 0 Å². The molecular formula is C13H21NO2S. The molecule has 0 atom stereocenters. The normalized spacial score (nSPS) is 11.5. The Morgan fingerprint density at radius 1 is 1.47 bits per heavy atom. The van der Waals surface area contributed by atoms with Gasteiger partial charge in [-0.1, -0.05) is 20.8 Å². The summed E-state index contributed by atoms with van der Waals surface area (Å²) >= 11 is 1.54. The summed E-state index contributed by atoms with van der Waals surface area (Å²) in [6.07, 6.45) is 1.66. The number of carbonyl (C=O) groups excluding carboxylic acids is 1. The van der Waals surface area contributed by atoms with E-state index in [-0.39, 0.29) is 17.9 Å². The lowest BCUT2D eigenvalue weighted by Gasteiger charge is -2.23. The van der Waals surface area contributed by atoms with Crippen molar-refractivity contribution in [3.8, 4) is 0 Å². The topological polar surface area (TPSA) is 49.3 Å². The number of aliphatic hydroxyl groups excluding tert-OH is 1. The van der Waals surface area contributed by atoms with Gasteiger partial charge in [-0.3, -0.25) is 4.79 Å². The molecule has 1 rings (SSSR count). The highest BCUT2D eigenvalue weighted by Gasteiger charge is 2.19. The fourth-order valence-corrected chi connectivity index (χ4v) is 2.35. The minimum Gasteiger partial charge on any atom is -0.396 e. The van der Waals surface area contributed by atoms with E-state index in [9.17, 15) is 4.79 Å². The SMILES string of the molecule is CCc1ccc(C(=O)NCC(C)(C)CCO)s1. The lowest BCUT2D eigenvalue weighted by atomic mass is 9.90. The van der Waals surface area contributed by atoms with Crippen LogP contribution in [0.25, 0.3) is 0 Å². The minimum atomic E-state index is -0.0603. The van der Waals surface area contributed by atoms with E-state index in [0.29, 0.717) is 13.0 Å². The standard InChI is InChI=1S/C13H21NO2S/c1-4-10-5-6-11(17-10)12(16)14-9-13(2,3)7-8-15/h5-6,15H,4,7-9H2,1-3H3,(H,14,16). The second kappa shape index (κ2) is 6.17. The molecule has 96 valence electrons. The number of hydrogen-bond acceptors (Lipinski definition) is 3. The summed E-state index contributed by atoms with van der Waals surface area (Å²) in [7, 11) is 0. The molecule has 1 aromatic heterocycles. The predicted octanol–water partition coefficient (Wildman–Crippen LogP) is 2.45. The van der Waals surface area contributed by atoms with Crippen LogP contribution in [0.4, 0.5) is 0 Å². The Morgan fingerprint density at radius 2 is 2.18 bits per heavy atom. The average Bonchev–Trinajstić information content (AvgIpc) is 2.74. The smallest absolute Gasteiger partial charge is 0.261 e. The lowest BCUT2D eigenvalue weighted by Crippen LogP contribution is -2.34. The van der Waals surface area contributed by atoms with Crippen LogP contribution in [0.2, 0.25) is 0 Å². The number of aliphatic hydroxyl groups is 1. The van der Waals surface area contributed by atoms with Crippen LogP contribution in [0.15, 0.2) is 12.1 Å². The van der Waals surface area contributed by atoms with E-state index in [4.69, 9.17) is 5.11 Å². The maximum atomic E-state index is 11.9. The molecule has 17 heavy (non-hydrogen) atoms. The van der Waals surface area contributed by atoms with E-state index >= 15 is 0 Å². The Balaban J connectivity index is 2.49. The fourth-order valence-electron chi connectivity index (χ4n) is 1.49. The average molecular weight is 255 g/mol. The van der Waals surface area contributed by atoms with Crippen molar-refractivity contribution in [1.82, 2.24) is 5.32 Å². The van der Waals surface area contributed by atoms with Crippen molar-refractivity contribution in [1.29, 1.82) is 0 Å². The first-order valence-electron chi connectivity index (χ1n) is 5.96. The molecule has 0 aliphatic carbocycles. The zero-order chi connectivity index (χ0) is 12.9. The molecule has 0 spiro atoms. The van der Waals surface area contributed by atoms with Gasteiger partial charge < -0.3 is 10.4 Å². The lowest BCUT2D eigenvalue weighted by molar-refractivity contribution is 0.0932. The number of thiophene rings is 1. The molecule has 0 unspecified atom stereocenters. The first-order chi connectivity index (χ1) is 7.98. The summed E-state index contributed by atoms with van der Waals surface area (Å²) in [5.74, 6) is -0.0132. The zero-order valence-corrected chi connectivity index (χ0v) is 11.6. The zero-order valence-electron chi connectivity index (χ0n) is 10.7. The number of carbonyl (C=O) groups is 1. The van der Waals surface area contributed by atoms with Gasteiger partial charge in [-0.15, -0.1) is 11.3 Å². The van der Waals surface area contributed by atoms with Crippen molar-refractivity contribution in [2.24, 2.45) is 5.41 Å². The monoisotopic (exact) mass is 255 g/mol. The third kappa shape index (κ3) is 4.48. The maximum absolute atomic E-state index is 11.9. The van der Waals surface area contributed by atoms with E-state index < -0.39 is 0 Å². The second-order valence-electron chi connectivity index (χ2n) is 4.94. The molecule has 1 aromatic rings. The van der Waals surface area contributed by atoms with Crippen LogP contribution in [-0.4, -0.2) is 24.2 Å². The molecule has 0 radical (unpaired) electrons. The van der Waals surface area contributed by atoms with Gasteiger partial charge in [-0.05, 0) is 30.4 Å².